The van der Waals surface area contributed by atoms with Crippen molar-refractivity contribution in [1.82, 2.24) is 19.7 Å². The number of amides is 1. The first-order valence-electron chi connectivity index (χ1n) is 8.72. The van der Waals surface area contributed by atoms with E-state index in [0.717, 1.165) is 27.4 Å². The summed E-state index contributed by atoms with van der Waals surface area (Å²) < 4.78 is 2.06. The van der Waals surface area contributed by atoms with E-state index in [-0.39, 0.29) is 18.0 Å². The number of nitrogens with zero attached hydrogens (tertiary/aromatic N) is 4. The zero-order valence-corrected chi connectivity index (χ0v) is 16.0. The fourth-order valence-corrected chi connectivity index (χ4v) is 3.75. The molecular weight excluding hydrogens is 348 g/mol. The zero-order valence-electron chi connectivity index (χ0n) is 15.2. The molecule has 0 fully saturated rings. The van der Waals surface area contributed by atoms with Crippen molar-refractivity contribution in [3.63, 3.8) is 0 Å². The smallest absolute Gasteiger partial charge is 0.294 e. The van der Waals surface area contributed by atoms with Gasteiger partial charge in [-0.3, -0.25) is 9.59 Å². The normalized spacial score (nSPS) is 11.0. The van der Waals surface area contributed by atoms with Crippen molar-refractivity contribution < 1.29 is 4.79 Å². The number of rotatable bonds is 6. The fraction of sp³-hybridized carbons (Fsp3) is 0.368. The van der Waals surface area contributed by atoms with Crippen molar-refractivity contribution in [1.29, 1.82) is 0 Å². The Labute approximate surface area is 156 Å². The summed E-state index contributed by atoms with van der Waals surface area (Å²) in [6.45, 7) is 6.80. The highest BCUT2D eigenvalue weighted by Crippen LogP contribution is 2.21. The minimum atomic E-state index is -0.300. The highest BCUT2D eigenvalue weighted by atomic mass is 32.1. The van der Waals surface area contributed by atoms with Crippen molar-refractivity contribution in [2.24, 2.45) is 0 Å². The number of fused-ring (bicyclic) bond motifs is 1. The molecule has 0 aliphatic rings. The summed E-state index contributed by atoms with van der Waals surface area (Å²) in [6.07, 6.45) is 0.776. The van der Waals surface area contributed by atoms with Crippen molar-refractivity contribution in [2.45, 2.75) is 40.3 Å². The maximum atomic E-state index is 12.7. The average Bonchev–Trinajstić information content (AvgIpc) is 3.10. The minimum Gasteiger partial charge on any atom is -0.337 e. The van der Waals surface area contributed by atoms with Gasteiger partial charge in [0.15, 0.2) is 5.52 Å². The van der Waals surface area contributed by atoms with Gasteiger partial charge in [-0.1, -0.05) is 37.3 Å². The minimum absolute atomic E-state index is 0.0741. The van der Waals surface area contributed by atoms with Gasteiger partial charge >= 0.3 is 0 Å². The molecule has 0 spiro atoms. The number of hydrogen-bond acceptors (Lipinski definition) is 5. The Morgan fingerprint density at radius 1 is 1.23 bits per heavy atom. The standard InChI is InChI=1S/C19H22N4O2S/c1-4-15-20-17-18(26-15)13(3)21-23(19(17)25)12-16(24)22(5-2)11-14-9-7-6-8-10-14/h6-10H,4-5,11-12H2,1-3H3. The maximum Gasteiger partial charge on any atom is 0.294 e. The van der Waals surface area contributed by atoms with Gasteiger partial charge in [0, 0.05) is 13.1 Å². The summed E-state index contributed by atoms with van der Waals surface area (Å²) in [7, 11) is 0. The number of likely N-dealkylation sites (N-methyl/N-ethyl adjacent to an activating group) is 1. The third-order valence-corrected chi connectivity index (χ3v) is 5.55. The van der Waals surface area contributed by atoms with E-state index in [2.05, 4.69) is 10.1 Å². The molecule has 0 unspecified atom stereocenters. The van der Waals surface area contributed by atoms with Gasteiger partial charge in [-0.05, 0) is 25.8 Å². The summed E-state index contributed by atoms with van der Waals surface area (Å²) in [4.78, 5) is 31.5. The van der Waals surface area contributed by atoms with Crippen LogP contribution in [0.1, 0.15) is 30.1 Å². The van der Waals surface area contributed by atoms with Crippen LogP contribution >= 0.6 is 11.3 Å². The lowest BCUT2D eigenvalue weighted by molar-refractivity contribution is -0.132. The molecule has 6 nitrogen and oxygen atoms in total. The topological polar surface area (TPSA) is 68.1 Å². The molecule has 1 amide bonds. The molecule has 0 aliphatic carbocycles. The molecule has 2 aromatic heterocycles. The van der Waals surface area contributed by atoms with E-state index in [0.29, 0.717) is 18.6 Å². The highest BCUT2D eigenvalue weighted by Gasteiger charge is 2.18. The number of hydrogen-bond donors (Lipinski definition) is 0. The van der Waals surface area contributed by atoms with Gasteiger partial charge in [-0.2, -0.15) is 5.10 Å². The molecule has 0 saturated heterocycles. The van der Waals surface area contributed by atoms with Crippen LogP contribution in [0.3, 0.4) is 0 Å². The lowest BCUT2D eigenvalue weighted by Gasteiger charge is -2.21. The molecule has 0 saturated carbocycles. The Kier molecular flexibility index (Phi) is 5.46. The van der Waals surface area contributed by atoms with Gasteiger partial charge in [0.05, 0.1) is 15.4 Å². The lowest BCUT2D eigenvalue weighted by Crippen LogP contribution is -2.37. The van der Waals surface area contributed by atoms with Crippen LogP contribution in [-0.4, -0.2) is 32.1 Å². The number of carbonyl (C=O) groups excluding carboxylic acids is 1. The SMILES string of the molecule is CCc1nc2c(=O)n(CC(=O)N(CC)Cc3ccccc3)nc(C)c2s1. The average molecular weight is 370 g/mol. The van der Waals surface area contributed by atoms with E-state index < -0.39 is 0 Å². The first-order chi connectivity index (χ1) is 12.5. The molecule has 2 heterocycles. The first-order valence-corrected chi connectivity index (χ1v) is 9.54. The van der Waals surface area contributed by atoms with Crippen LogP contribution in [0.25, 0.3) is 10.2 Å². The van der Waals surface area contributed by atoms with Crippen LogP contribution in [0.5, 0.6) is 0 Å². The molecule has 0 radical (unpaired) electrons. The number of thiazole rings is 1. The van der Waals surface area contributed by atoms with Crippen molar-refractivity contribution in [3.8, 4) is 0 Å². The molecule has 1 aromatic carbocycles. The molecule has 3 rings (SSSR count). The van der Waals surface area contributed by atoms with Crippen LogP contribution in [0.2, 0.25) is 0 Å². The third-order valence-electron chi connectivity index (χ3n) is 4.25. The second kappa shape index (κ2) is 7.78. The molecule has 0 aliphatic heterocycles. The second-order valence-electron chi connectivity index (χ2n) is 6.08. The quantitative estimate of drug-likeness (QED) is 0.669. The summed E-state index contributed by atoms with van der Waals surface area (Å²) >= 11 is 1.50. The fourth-order valence-electron chi connectivity index (χ4n) is 2.82. The van der Waals surface area contributed by atoms with E-state index in [1.165, 1.54) is 16.0 Å². The Morgan fingerprint density at radius 3 is 2.62 bits per heavy atom. The second-order valence-corrected chi connectivity index (χ2v) is 7.16. The lowest BCUT2D eigenvalue weighted by atomic mass is 10.2. The summed E-state index contributed by atoms with van der Waals surface area (Å²) in [5, 5.41) is 5.25. The van der Waals surface area contributed by atoms with E-state index in [1.54, 1.807) is 4.90 Å². The van der Waals surface area contributed by atoms with Gasteiger partial charge in [-0.25, -0.2) is 9.67 Å². The van der Waals surface area contributed by atoms with E-state index >= 15 is 0 Å². The molecular formula is C19H22N4O2S. The molecule has 7 heteroatoms. The maximum absolute atomic E-state index is 12.7. The summed E-state index contributed by atoms with van der Waals surface area (Å²) in [6, 6.07) is 9.81. The van der Waals surface area contributed by atoms with E-state index in [9.17, 15) is 9.59 Å². The summed E-state index contributed by atoms with van der Waals surface area (Å²) in [5.74, 6) is -0.129. The van der Waals surface area contributed by atoms with Gasteiger partial charge in [-0.15, -0.1) is 11.3 Å². The van der Waals surface area contributed by atoms with E-state index in [1.807, 2.05) is 51.1 Å². The van der Waals surface area contributed by atoms with Crippen molar-refractivity contribution in [2.75, 3.05) is 6.54 Å². The number of aromatic nitrogens is 3. The Hall–Kier alpha value is -2.54. The molecule has 3 aromatic rings. The summed E-state index contributed by atoms with van der Waals surface area (Å²) in [5.41, 5.74) is 1.90. The Balaban J connectivity index is 1.86. The Morgan fingerprint density at radius 2 is 1.96 bits per heavy atom. The van der Waals surface area contributed by atoms with Crippen LogP contribution in [0.4, 0.5) is 0 Å². The largest absolute Gasteiger partial charge is 0.337 e. The predicted molar refractivity (Wildman–Crippen MR) is 103 cm³/mol. The predicted octanol–water partition coefficient (Wildman–Crippen LogP) is 2.77. The number of carbonyl (C=O) groups is 1. The molecule has 0 N–H and O–H groups in total. The van der Waals surface area contributed by atoms with Gasteiger partial charge in [0.25, 0.3) is 5.56 Å². The monoisotopic (exact) mass is 370 g/mol. The third kappa shape index (κ3) is 3.67. The zero-order chi connectivity index (χ0) is 18.7. The molecule has 0 bridgehead atoms. The number of aryl methyl sites for hydroxylation is 2. The van der Waals surface area contributed by atoms with Crippen molar-refractivity contribution >= 4 is 27.5 Å². The van der Waals surface area contributed by atoms with Crippen LogP contribution in [-0.2, 0) is 24.3 Å². The number of benzene rings is 1. The van der Waals surface area contributed by atoms with Crippen molar-refractivity contribution in [3.05, 3.63) is 57.0 Å². The van der Waals surface area contributed by atoms with Crippen LogP contribution in [0.15, 0.2) is 35.1 Å². The molecule has 136 valence electrons. The molecule has 26 heavy (non-hydrogen) atoms. The van der Waals surface area contributed by atoms with E-state index in [4.69, 9.17) is 0 Å². The first kappa shape index (κ1) is 18.3. The van der Waals surface area contributed by atoms with Gasteiger partial charge < -0.3 is 4.90 Å². The van der Waals surface area contributed by atoms with Crippen LogP contribution < -0.4 is 5.56 Å². The molecule has 0 atom stereocenters. The van der Waals surface area contributed by atoms with Gasteiger partial charge in [0.1, 0.15) is 6.54 Å². The van der Waals surface area contributed by atoms with Crippen LogP contribution in [0, 0.1) is 6.92 Å². The Bertz CT molecular complexity index is 978. The highest BCUT2D eigenvalue weighted by molar-refractivity contribution is 7.18. The van der Waals surface area contributed by atoms with Gasteiger partial charge in [0.2, 0.25) is 5.91 Å².